The van der Waals surface area contributed by atoms with Crippen LogP contribution in [0.4, 0.5) is 0 Å². The van der Waals surface area contributed by atoms with Gasteiger partial charge in [-0.05, 0) is 50.9 Å². The van der Waals surface area contributed by atoms with Gasteiger partial charge >= 0.3 is 0 Å². The molecule has 0 aromatic rings. The Morgan fingerprint density at radius 2 is 1.76 bits per heavy atom. The molecule has 0 saturated heterocycles. The van der Waals surface area contributed by atoms with E-state index in [1.165, 1.54) is 0 Å². The van der Waals surface area contributed by atoms with Crippen LogP contribution in [0, 0.1) is 28.6 Å². The minimum atomic E-state index is -1.25. The molecule has 1 N–H and O–H groups in total. The number of aliphatic hydroxyl groups is 1. The van der Waals surface area contributed by atoms with Crippen LogP contribution in [0.1, 0.15) is 74.7 Å². The van der Waals surface area contributed by atoms with Crippen molar-refractivity contribution in [2.75, 3.05) is 13.2 Å². The summed E-state index contributed by atoms with van der Waals surface area (Å²) in [5.41, 5.74) is -0.276. The van der Waals surface area contributed by atoms with Crippen LogP contribution in [0.3, 0.4) is 0 Å². The van der Waals surface area contributed by atoms with E-state index in [0.29, 0.717) is 25.4 Å². The molecule has 3 rings (SSSR count). The van der Waals surface area contributed by atoms with Crippen LogP contribution in [0.5, 0.6) is 0 Å². The molecule has 0 aromatic carbocycles. The summed E-state index contributed by atoms with van der Waals surface area (Å²) in [5.74, 6) is -0.540. The maximum absolute atomic E-state index is 14.3. The van der Waals surface area contributed by atoms with Crippen LogP contribution < -0.4 is 0 Å². The fraction of sp³-hybridized carbons (Fsp3) is 0.800. The zero-order valence-corrected chi connectivity index (χ0v) is 19.6. The molecule has 2 bridgehead atoms. The van der Waals surface area contributed by atoms with Crippen molar-refractivity contribution < 1.29 is 19.4 Å². The van der Waals surface area contributed by atoms with Gasteiger partial charge in [-0.1, -0.05) is 57.9 Å². The van der Waals surface area contributed by atoms with E-state index in [1.807, 2.05) is 27.7 Å². The number of Topliss-reactive ketones (excluding diaryl/α,β-unsaturated/α-hetero) is 1. The SMILES string of the molecule is CCC1(C)OC/C(C)=C/C2C(=O)C3(C=C(C)CC3(O)CO1)[C@H](C)CC(C)C2(C)C. The van der Waals surface area contributed by atoms with Gasteiger partial charge in [-0.25, -0.2) is 0 Å². The molecule has 4 heteroatoms. The molecule has 3 aliphatic rings. The molecule has 1 saturated carbocycles. The highest BCUT2D eigenvalue weighted by atomic mass is 16.7. The Balaban J connectivity index is 2.26. The molecule has 0 amide bonds. The first-order valence-electron chi connectivity index (χ1n) is 11.2. The number of hydrogen-bond acceptors (Lipinski definition) is 4. The lowest BCUT2D eigenvalue weighted by molar-refractivity contribution is -0.254. The highest BCUT2D eigenvalue weighted by Crippen LogP contribution is 2.59. The van der Waals surface area contributed by atoms with Crippen molar-refractivity contribution in [2.24, 2.45) is 28.6 Å². The van der Waals surface area contributed by atoms with Crippen molar-refractivity contribution in [3.8, 4) is 0 Å². The number of fused-ring (bicyclic) bond motifs is 1. The minimum absolute atomic E-state index is 0.0311. The maximum Gasteiger partial charge on any atom is 0.165 e. The standard InChI is InChI=1S/C25H40O4/c1-9-23(8)28-14-16(2)10-20-21(26)25(19(5)11-18(4)22(20,6)7)13-17(3)12-24(25,27)15-29-23/h10,13,18-20,27H,9,11-12,14-15H2,1-8H3/b16-10+/t18?,19-,20?,23?,24?,25?/m1/s1. The molecule has 29 heavy (non-hydrogen) atoms. The molecule has 5 unspecified atom stereocenters. The van der Waals surface area contributed by atoms with Crippen molar-refractivity contribution in [1.82, 2.24) is 0 Å². The first-order valence-corrected chi connectivity index (χ1v) is 11.2. The summed E-state index contributed by atoms with van der Waals surface area (Å²) in [7, 11) is 0. The number of hydrogen-bond donors (Lipinski definition) is 1. The monoisotopic (exact) mass is 404 g/mol. The number of ketones is 1. The Kier molecular flexibility index (Phi) is 5.73. The van der Waals surface area contributed by atoms with Crippen molar-refractivity contribution in [2.45, 2.75) is 86.0 Å². The lowest BCUT2D eigenvalue weighted by Gasteiger charge is -2.46. The fourth-order valence-corrected chi connectivity index (χ4v) is 5.83. The number of rotatable bonds is 1. The molecule has 6 atom stereocenters. The third-order valence-corrected chi connectivity index (χ3v) is 8.38. The predicted molar refractivity (Wildman–Crippen MR) is 115 cm³/mol. The summed E-state index contributed by atoms with van der Waals surface area (Å²) < 4.78 is 12.4. The molecule has 164 valence electrons. The van der Waals surface area contributed by atoms with Gasteiger partial charge in [0.2, 0.25) is 0 Å². The topological polar surface area (TPSA) is 55.8 Å². The van der Waals surface area contributed by atoms with E-state index >= 15 is 0 Å². The Bertz CT molecular complexity index is 735. The van der Waals surface area contributed by atoms with Crippen molar-refractivity contribution >= 4 is 5.78 Å². The molecule has 0 radical (unpaired) electrons. The van der Waals surface area contributed by atoms with Crippen LogP contribution in [0.25, 0.3) is 0 Å². The zero-order valence-electron chi connectivity index (χ0n) is 19.6. The van der Waals surface area contributed by atoms with Gasteiger partial charge in [-0.15, -0.1) is 0 Å². The van der Waals surface area contributed by atoms with Gasteiger partial charge in [0.15, 0.2) is 11.6 Å². The van der Waals surface area contributed by atoms with E-state index in [-0.39, 0.29) is 29.6 Å². The maximum atomic E-state index is 14.3. The largest absolute Gasteiger partial charge is 0.386 e. The molecule has 2 aliphatic carbocycles. The molecule has 1 aliphatic heterocycles. The number of ether oxygens (including phenoxy) is 2. The van der Waals surface area contributed by atoms with Crippen molar-refractivity contribution in [1.29, 1.82) is 0 Å². The van der Waals surface area contributed by atoms with Gasteiger partial charge < -0.3 is 14.6 Å². The van der Waals surface area contributed by atoms with E-state index in [0.717, 1.165) is 17.6 Å². The van der Waals surface area contributed by atoms with Crippen molar-refractivity contribution in [3.05, 3.63) is 23.3 Å². The summed E-state index contributed by atoms with van der Waals surface area (Å²) in [4.78, 5) is 14.3. The quantitative estimate of drug-likeness (QED) is 0.621. The van der Waals surface area contributed by atoms with E-state index in [1.54, 1.807) is 0 Å². The Morgan fingerprint density at radius 3 is 2.38 bits per heavy atom. The number of carbonyl (C=O) groups excluding carboxylic acids is 1. The van der Waals surface area contributed by atoms with Crippen LogP contribution in [-0.2, 0) is 14.3 Å². The first-order chi connectivity index (χ1) is 13.3. The first kappa shape index (κ1) is 22.7. The Labute approximate surface area is 176 Å². The average Bonchev–Trinajstić information content (AvgIpc) is 2.90. The van der Waals surface area contributed by atoms with Crippen LogP contribution >= 0.6 is 0 Å². The smallest absolute Gasteiger partial charge is 0.165 e. The van der Waals surface area contributed by atoms with Gasteiger partial charge in [0, 0.05) is 12.3 Å². The Hall–Kier alpha value is -0.970. The summed E-state index contributed by atoms with van der Waals surface area (Å²) >= 11 is 0. The highest BCUT2D eigenvalue weighted by molar-refractivity contribution is 5.93. The van der Waals surface area contributed by atoms with Crippen LogP contribution in [-0.4, -0.2) is 35.5 Å². The summed E-state index contributed by atoms with van der Waals surface area (Å²) in [6, 6.07) is 0. The number of allylic oxidation sites excluding steroid dienone is 1. The Morgan fingerprint density at radius 1 is 1.10 bits per heavy atom. The normalized spacial score (nSPS) is 47.3. The molecular weight excluding hydrogens is 364 g/mol. The van der Waals surface area contributed by atoms with Gasteiger partial charge in [0.05, 0.1) is 18.6 Å². The second-order valence-corrected chi connectivity index (χ2v) is 10.8. The van der Waals surface area contributed by atoms with Crippen LogP contribution in [0.15, 0.2) is 23.3 Å². The molecule has 1 fully saturated rings. The summed E-state index contributed by atoms with van der Waals surface area (Å²) in [5, 5.41) is 12.0. The van der Waals surface area contributed by atoms with Crippen LogP contribution in [0.2, 0.25) is 0 Å². The predicted octanol–water partition coefficient (Wildman–Crippen LogP) is 5.06. The van der Waals surface area contributed by atoms with E-state index in [9.17, 15) is 9.90 Å². The third-order valence-electron chi connectivity index (χ3n) is 8.38. The minimum Gasteiger partial charge on any atom is -0.386 e. The highest BCUT2D eigenvalue weighted by Gasteiger charge is 2.64. The summed E-state index contributed by atoms with van der Waals surface area (Å²) in [6.07, 6.45) is 6.23. The second kappa shape index (κ2) is 7.32. The lowest BCUT2D eigenvalue weighted by Crippen LogP contribution is -2.58. The van der Waals surface area contributed by atoms with Gasteiger partial charge in [0.1, 0.15) is 5.60 Å². The average molecular weight is 405 g/mol. The zero-order chi connectivity index (χ0) is 21.8. The fourth-order valence-electron chi connectivity index (χ4n) is 5.83. The van der Waals surface area contributed by atoms with E-state index in [2.05, 4.69) is 39.8 Å². The molecular formula is C25H40O4. The van der Waals surface area contributed by atoms with Gasteiger partial charge in [0.25, 0.3) is 0 Å². The second-order valence-electron chi connectivity index (χ2n) is 10.8. The van der Waals surface area contributed by atoms with Gasteiger partial charge in [-0.3, -0.25) is 4.79 Å². The molecule has 1 spiro atoms. The van der Waals surface area contributed by atoms with Gasteiger partial charge in [-0.2, -0.15) is 0 Å². The molecule has 4 nitrogen and oxygen atoms in total. The van der Waals surface area contributed by atoms with E-state index < -0.39 is 16.8 Å². The van der Waals surface area contributed by atoms with Crippen molar-refractivity contribution in [3.63, 3.8) is 0 Å². The lowest BCUT2D eigenvalue weighted by atomic mass is 9.60. The molecule has 1 heterocycles. The molecule has 0 aromatic heterocycles. The third kappa shape index (κ3) is 3.45. The summed E-state index contributed by atoms with van der Waals surface area (Å²) in [6.45, 7) is 17.3. The van der Waals surface area contributed by atoms with E-state index in [4.69, 9.17) is 9.47 Å². The number of carbonyl (C=O) groups is 1.